The lowest BCUT2D eigenvalue weighted by Gasteiger charge is -2.32. The van der Waals surface area contributed by atoms with Gasteiger partial charge in [0.05, 0.1) is 6.07 Å². The third-order valence-corrected chi connectivity index (χ3v) is 4.73. The topological polar surface area (TPSA) is 39.1 Å². The van der Waals surface area contributed by atoms with Gasteiger partial charge in [-0.15, -0.1) is 0 Å². The van der Waals surface area contributed by atoms with Crippen LogP contribution in [0, 0.1) is 11.3 Å². The molecule has 19 heavy (non-hydrogen) atoms. The van der Waals surface area contributed by atoms with Crippen LogP contribution in [0.5, 0.6) is 0 Å². The van der Waals surface area contributed by atoms with E-state index < -0.39 is 0 Å². The van der Waals surface area contributed by atoms with E-state index in [9.17, 15) is 5.26 Å². The minimum atomic E-state index is -0.311. The quantitative estimate of drug-likeness (QED) is 0.767. The maximum Gasteiger partial charge on any atom is 0.104 e. The zero-order valence-corrected chi connectivity index (χ0v) is 12.6. The van der Waals surface area contributed by atoms with Crippen molar-refractivity contribution in [2.45, 2.75) is 82.3 Å². The average Bonchev–Trinajstić information content (AvgIpc) is 3.23. The van der Waals surface area contributed by atoms with Gasteiger partial charge in [0.1, 0.15) is 5.54 Å². The fourth-order valence-electron chi connectivity index (χ4n) is 3.22. The Hall–Kier alpha value is -0.590. The second-order valence-corrected chi connectivity index (χ2v) is 6.74. The molecule has 2 rings (SSSR count). The lowest BCUT2D eigenvalue weighted by molar-refractivity contribution is 0.184. The first-order chi connectivity index (χ1) is 9.13. The first-order valence-corrected chi connectivity index (χ1v) is 8.02. The molecule has 0 spiro atoms. The Morgan fingerprint density at radius 2 is 1.89 bits per heavy atom. The van der Waals surface area contributed by atoms with Gasteiger partial charge >= 0.3 is 0 Å². The minimum absolute atomic E-state index is 0.311. The molecular weight excluding hydrogens is 234 g/mol. The van der Waals surface area contributed by atoms with Crippen LogP contribution in [-0.4, -0.2) is 36.1 Å². The van der Waals surface area contributed by atoms with Gasteiger partial charge in [0.25, 0.3) is 0 Å². The fraction of sp³-hybridized carbons (Fsp3) is 0.938. The van der Waals surface area contributed by atoms with Crippen molar-refractivity contribution in [1.29, 1.82) is 5.26 Å². The molecule has 2 aliphatic rings. The summed E-state index contributed by atoms with van der Waals surface area (Å²) in [6, 6.07) is 3.88. The number of rotatable bonds is 7. The highest BCUT2D eigenvalue weighted by molar-refractivity contribution is 5.07. The van der Waals surface area contributed by atoms with Crippen LogP contribution in [0.2, 0.25) is 0 Å². The predicted octanol–water partition coefficient (Wildman–Crippen LogP) is 3.07. The molecule has 2 aliphatic carbocycles. The van der Waals surface area contributed by atoms with Crippen LogP contribution in [0.4, 0.5) is 0 Å². The molecule has 0 heterocycles. The molecule has 3 heteroatoms. The molecule has 3 nitrogen and oxygen atoms in total. The largest absolute Gasteiger partial charge is 0.303 e. The molecular formula is C16H29N3. The maximum absolute atomic E-state index is 9.35. The third-order valence-electron chi connectivity index (χ3n) is 4.73. The normalized spacial score (nSPS) is 24.1. The van der Waals surface area contributed by atoms with Gasteiger partial charge in [0, 0.05) is 12.1 Å². The highest BCUT2D eigenvalue weighted by Crippen LogP contribution is 2.25. The molecule has 2 fully saturated rings. The summed E-state index contributed by atoms with van der Waals surface area (Å²) in [6.07, 6.45) is 11.5. The van der Waals surface area contributed by atoms with Gasteiger partial charge in [-0.2, -0.15) is 5.26 Å². The Bertz CT molecular complexity index is 312. The molecule has 0 aliphatic heterocycles. The van der Waals surface area contributed by atoms with E-state index in [-0.39, 0.29) is 5.54 Å². The van der Waals surface area contributed by atoms with Gasteiger partial charge in [-0.3, -0.25) is 5.32 Å². The minimum Gasteiger partial charge on any atom is -0.303 e. The first kappa shape index (κ1) is 14.8. The molecule has 108 valence electrons. The van der Waals surface area contributed by atoms with E-state index in [0.29, 0.717) is 6.04 Å². The lowest BCUT2D eigenvalue weighted by Crippen LogP contribution is -2.43. The Morgan fingerprint density at radius 1 is 1.21 bits per heavy atom. The third kappa shape index (κ3) is 4.78. The Labute approximate surface area is 118 Å². The molecule has 0 saturated heterocycles. The SMILES string of the molecule is CN(CCCC(C)(C#N)NC1CC1)C1CCCCC1. The van der Waals surface area contributed by atoms with E-state index in [1.165, 1.54) is 44.9 Å². The molecule has 1 atom stereocenters. The Morgan fingerprint density at radius 3 is 2.47 bits per heavy atom. The molecule has 1 N–H and O–H groups in total. The van der Waals surface area contributed by atoms with E-state index in [0.717, 1.165) is 25.4 Å². The number of nitrogens with one attached hydrogen (secondary N) is 1. The van der Waals surface area contributed by atoms with Crippen LogP contribution < -0.4 is 5.32 Å². The summed E-state index contributed by atoms with van der Waals surface area (Å²) in [5.74, 6) is 0. The molecule has 0 radical (unpaired) electrons. The van der Waals surface area contributed by atoms with Gasteiger partial charge in [-0.05, 0) is 59.0 Å². The molecule has 0 bridgehead atoms. The molecule has 0 aromatic carbocycles. The predicted molar refractivity (Wildman–Crippen MR) is 78.9 cm³/mol. The van der Waals surface area contributed by atoms with Crippen LogP contribution in [-0.2, 0) is 0 Å². The number of hydrogen-bond donors (Lipinski definition) is 1. The standard InChI is InChI=1S/C16H29N3/c1-16(13-17,18-14-9-10-14)11-6-12-19(2)15-7-4-3-5-8-15/h14-15,18H,3-12H2,1-2H3. The smallest absolute Gasteiger partial charge is 0.104 e. The van der Waals surface area contributed by atoms with Crippen molar-refractivity contribution in [3.05, 3.63) is 0 Å². The van der Waals surface area contributed by atoms with Crippen LogP contribution in [0.25, 0.3) is 0 Å². The van der Waals surface area contributed by atoms with E-state index in [1.54, 1.807) is 0 Å². The molecule has 1 unspecified atom stereocenters. The zero-order chi connectivity index (χ0) is 13.7. The zero-order valence-electron chi connectivity index (χ0n) is 12.6. The van der Waals surface area contributed by atoms with E-state index in [2.05, 4.69) is 30.3 Å². The van der Waals surface area contributed by atoms with E-state index in [4.69, 9.17) is 0 Å². The fourth-order valence-corrected chi connectivity index (χ4v) is 3.22. The summed E-state index contributed by atoms with van der Waals surface area (Å²) in [6.45, 7) is 3.19. The van der Waals surface area contributed by atoms with Crippen molar-refractivity contribution in [1.82, 2.24) is 10.2 Å². The van der Waals surface area contributed by atoms with Crippen molar-refractivity contribution in [2.24, 2.45) is 0 Å². The Balaban J connectivity index is 1.67. The first-order valence-electron chi connectivity index (χ1n) is 8.02. The van der Waals surface area contributed by atoms with Gasteiger partial charge in [-0.25, -0.2) is 0 Å². The van der Waals surface area contributed by atoms with Crippen molar-refractivity contribution in [2.75, 3.05) is 13.6 Å². The summed E-state index contributed by atoms with van der Waals surface area (Å²) < 4.78 is 0. The van der Waals surface area contributed by atoms with Crippen LogP contribution in [0.3, 0.4) is 0 Å². The van der Waals surface area contributed by atoms with Gasteiger partial charge in [0.15, 0.2) is 0 Å². The van der Waals surface area contributed by atoms with Crippen molar-refractivity contribution in [3.63, 3.8) is 0 Å². The van der Waals surface area contributed by atoms with E-state index >= 15 is 0 Å². The summed E-state index contributed by atoms with van der Waals surface area (Å²) in [4.78, 5) is 2.52. The Kier molecular flexibility index (Phi) is 5.24. The van der Waals surface area contributed by atoms with Crippen molar-refractivity contribution < 1.29 is 0 Å². The number of nitrogens with zero attached hydrogens (tertiary/aromatic N) is 2. The second kappa shape index (κ2) is 6.72. The highest BCUT2D eigenvalue weighted by atomic mass is 15.1. The van der Waals surface area contributed by atoms with Crippen LogP contribution in [0.15, 0.2) is 0 Å². The van der Waals surface area contributed by atoms with Crippen molar-refractivity contribution in [3.8, 4) is 6.07 Å². The summed E-state index contributed by atoms with van der Waals surface area (Å²) in [5, 5.41) is 12.8. The van der Waals surface area contributed by atoms with Crippen LogP contribution >= 0.6 is 0 Å². The number of nitriles is 1. The van der Waals surface area contributed by atoms with Gasteiger partial charge in [0.2, 0.25) is 0 Å². The highest BCUT2D eigenvalue weighted by Gasteiger charge is 2.32. The second-order valence-electron chi connectivity index (χ2n) is 6.74. The monoisotopic (exact) mass is 263 g/mol. The molecule has 0 aromatic rings. The molecule has 0 aromatic heterocycles. The molecule has 0 amide bonds. The summed E-state index contributed by atoms with van der Waals surface area (Å²) in [7, 11) is 2.26. The summed E-state index contributed by atoms with van der Waals surface area (Å²) >= 11 is 0. The van der Waals surface area contributed by atoms with Gasteiger partial charge in [-0.1, -0.05) is 19.3 Å². The van der Waals surface area contributed by atoms with Crippen LogP contribution in [0.1, 0.15) is 64.7 Å². The lowest BCUT2D eigenvalue weighted by atomic mass is 9.93. The summed E-state index contributed by atoms with van der Waals surface area (Å²) in [5.41, 5.74) is -0.311. The van der Waals surface area contributed by atoms with E-state index in [1.807, 2.05) is 0 Å². The van der Waals surface area contributed by atoms with Crippen molar-refractivity contribution >= 4 is 0 Å². The maximum atomic E-state index is 9.35. The average molecular weight is 263 g/mol. The van der Waals surface area contributed by atoms with Gasteiger partial charge < -0.3 is 4.90 Å². The number of hydrogen-bond acceptors (Lipinski definition) is 3. The molecule has 2 saturated carbocycles.